The number of benzene rings is 1. The molecule has 3 heterocycles. The van der Waals surface area contributed by atoms with Crippen LogP contribution in [0.4, 0.5) is 0 Å². The molecular weight excluding hydrogens is 316 g/mol. The third kappa shape index (κ3) is 2.28. The van der Waals surface area contributed by atoms with Crippen molar-refractivity contribution in [2.75, 3.05) is 7.05 Å². The van der Waals surface area contributed by atoms with Gasteiger partial charge in [-0.25, -0.2) is 10.9 Å². The second kappa shape index (κ2) is 5.52. The Bertz CT molecular complexity index is 777. The van der Waals surface area contributed by atoms with Gasteiger partial charge in [0.05, 0.1) is 17.9 Å². The average Bonchev–Trinajstić information content (AvgIpc) is 3.19. The number of fused-ring (bicyclic) bond motifs is 2. The lowest BCUT2D eigenvalue weighted by Crippen LogP contribution is -2.53. The molecule has 2 aliphatic rings. The van der Waals surface area contributed by atoms with Crippen LogP contribution in [0.25, 0.3) is 11.0 Å². The summed E-state index contributed by atoms with van der Waals surface area (Å²) < 4.78 is 8.65. The summed E-state index contributed by atoms with van der Waals surface area (Å²) in [7, 11) is 1.61. The van der Waals surface area contributed by atoms with Gasteiger partial charge in [-0.3, -0.25) is 9.59 Å². The van der Waals surface area contributed by atoms with Crippen molar-refractivity contribution in [3.8, 4) is 0 Å². The van der Waals surface area contributed by atoms with Gasteiger partial charge >= 0.3 is 0 Å². The first-order chi connectivity index (χ1) is 11.2. The molecule has 2 aromatic rings. The monoisotopic (exact) mass is 332 g/mol. The highest BCUT2D eigenvalue weighted by atomic mass is 32.1. The zero-order valence-corrected chi connectivity index (χ0v) is 13.2. The number of nitrogens with one attached hydrogen (secondary N) is 4. The van der Waals surface area contributed by atoms with Crippen LogP contribution in [0.2, 0.25) is 0 Å². The molecule has 4 rings (SSSR count). The number of carbonyl (C=O) groups excluding carboxylic acids is 2. The summed E-state index contributed by atoms with van der Waals surface area (Å²) in [6, 6.07) is 5.39. The molecule has 4 atom stereocenters. The third-order valence-corrected chi connectivity index (χ3v) is 5.14. The lowest BCUT2D eigenvalue weighted by Gasteiger charge is -2.35. The number of hydrogen-bond acceptors (Lipinski definition) is 7. The molecule has 0 saturated carbocycles. The molecule has 0 aliphatic carbocycles. The van der Waals surface area contributed by atoms with E-state index in [2.05, 4.69) is 30.2 Å². The molecular formula is C14H16N6O2S. The number of hydrazine groups is 1. The Morgan fingerprint density at radius 2 is 2.22 bits per heavy atom. The van der Waals surface area contributed by atoms with Crippen LogP contribution in [0.3, 0.4) is 0 Å². The molecule has 1 aromatic heterocycles. The van der Waals surface area contributed by atoms with E-state index < -0.39 is 6.04 Å². The maximum Gasteiger partial charge on any atom is 0.238 e. The molecule has 4 N–H and O–H groups in total. The normalized spacial score (nSPS) is 30.0. The Labute approximate surface area is 136 Å². The fraction of sp³-hybridized carbons (Fsp3) is 0.429. The minimum atomic E-state index is -0.419. The van der Waals surface area contributed by atoms with E-state index in [0.29, 0.717) is 6.42 Å². The molecule has 0 bridgehead atoms. The van der Waals surface area contributed by atoms with Crippen LogP contribution >= 0.6 is 11.7 Å². The fourth-order valence-electron chi connectivity index (χ4n) is 3.57. The molecule has 0 spiro atoms. The van der Waals surface area contributed by atoms with Gasteiger partial charge in [0.25, 0.3) is 0 Å². The highest BCUT2D eigenvalue weighted by molar-refractivity contribution is 7.00. The number of amides is 2. The lowest BCUT2D eigenvalue weighted by atomic mass is 9.75. The van der Waals surface area contributed by atoms with E-state index in [1.807, 2.05) is 18.2 Å². The summed E-state index contributed by atoms with van der Waals surface area (Å²) in [6.07, 6.45) is 0.0414. The number of rotatable bonds is 2. The van der Waals surface area contributed by atoms with Crippen molar-refractivity contribution in [3.05, 3.63) is 23.8 Å². The molecule has 1 aromatic carbocycles. The van der Waals surface area contributed by atoms with Crippen molar-refractivity contribution in [1.82, 2.24) is 30.2 Å². The molecule has 120 valence electrons. The topological polar surface area (TPSA) is 108 Å². The van der Waals surface area contributed by atoms with Crippen molar-refractivity contribution in [2.24, 2.45) is 5.92 Å². The molecule has 0 radical (unpaired) electrons. The van der Waals surface area contributed by atoms with Crippen molar-refractivity contribution >= 4 is 34.6 Å². The first-order valence-corrected chi connectivity index (χ1v) is 8.15. The number of carbonyl (C=O) groups is 2. The van der Waals surface area contributed by atoms with Crippen LogP contribution in [0, 0.1) is 5.92 Å². The van der Waals surface area contributed by atoms with Crippen LogP contribution in [0.1, 0.15) is 17.9 Å². The quantitative estimate of drug-likeness (QED) is 0.588. The number of aromatic nitrogens is 2. The third-order valence-electron chi connectivity index (χ3n) is 4.60. The van der Waals surface area contributed by atoms with Gasteiger partial charge in [0.15, 0.2) is 0 Å². The first kappa shape index (κ1) is 14.5. The van der Waals surface area contributed by atoms with Gasteiger partial charge in [-0.2, -0.15) is 8.75 Å². The molecule has 4 unspecified atom stereocenters. The second-order valence-electron chi connectivity index (χ2n) is 5.79. The van der Waals surface area contributed by atoms with E-state index >= 15 is 0 Å². The fourth-order valence-corrected chi connectivity index (χ4v) is 4.13. The predicted octanol–water partition coefficient (Wildman–Crippen LogP) is -0.540. The Morgan fingerprint density at radius 1 is 1.35 bits per heavy atom. The molecule has 2 fully saturated rings. The number of piperidine rings is 1. The van der Waals surface area contributed by atoms with Crippen molar-refractivity contribution in [3.63, 3.8) is 0 Å². The van der Waals surface area contributed by atoms with Gasteiger partial charge in [-0.1, -0.05) is 12.1 Å². The van der Waals surface area contributed by atoms with Crippen LogP contribution in [-0.2, 0) is 9.59 Å². The summed E-state index contributed by atoms with van der Waals surface area (Å²) in [6.45, 7) is 0. The minimum absolute atomic E-state index is 0.0386. The van der Waals surface area contributed by atoms with Gasteiger partial charge in [-0.05, 0) is 11.6 Å². The summed E-state index contributed by atoms with van der Waals surface area (Å²) in [4.78, 5) is 24.3. The van der Waals surface area contributed by atoms with E-state index in [0.717, 1.165) is 28.3 Å². The maximum absolute atomic E-state index is 12.2. The van der Waals surface area contributed by atoms with E-state index in [9.17, 15) is 9.59 Å². The standard InChI is InChI=1S/C14H16N6O2S/c1-15-14(22)12-10-7(5-9(21)16-13(10)18-17-12)6-3-2-4-8-11(6)20-23-19-8/h2-4,7,10,12-13,17-18H,5H2,1H3,(H,15,22)(H,16,21). The van der Waals surface area contributed by atoms with Gasteiger partial charge in [0.1, 0.15) is 17.1 Å². The first-order valence-electron chi connectivity index (χ1n) is 7.42. The van der Waals surface area contributed by atoms with Crippen molar-refractivity contribution in [2.45, 2.75) is 24.5 Å². The largest absolute Gasteiger partial charge is 0.358 e. The minimum Gasteiger partial charge on any atom is -0.358 e. The Hall–Kier alpha value is -2.10. The van der Waals surface area contributed by atoms with Crippen molar-refractivity contribution in [1.29, 1.82) is 0 Å². The van der Waals surface area contributed by atoms with Gasteiger partial charge < -0.3 is 10.6 Å². The smallest absolute Gasteiger partial charge is 0.238 e. The van der Waals surface area contributed by atoms with E-state index in [4.69, 9.17) is 0 Å². The zero-order valence-electron chi connectivity index (χ0n) is 12.4. The summed E-state index contributed by atoms with van der Waals surface area (Å²) in [5, 5.41) is 5.58. The molecule has 23 heavy (non-hydrogen) atoms. The van der Waals surface area contributed by atoms with Gasteiger partial charge in [0.2, 0.25) is 11.8 Å². The van der Waals surface area contributed by atoms with Gasteiger partial charge in [-0.15, -0.1) is 0 Å². The molecule has 8 nitrogen and oxygen atoms in total. The zero-order chi connectivity index (χ0) is 16.0. The molecule has 2 aliphatic heterocycles. The number of hydrogen-bond donors (Lipinski definition) is 4. The Kier molecular flexibility index (Phi) is 3.47. The van der Waals surface area contributed by atoms with Crippen LogP contribution in [-0.4, -0.2) is 39.8 Å². The maximum atomic E-state index is 12.2. The molecule has 2 amide bonds. The number of likely N-dealkylation sites (N-methyl/N-ethyl adjacent to an activating group) is 1. The van der Waals surface area contributed by atoms with E-state index in [1.54, 1.807) is 7.05 Å². The number of nitrogens with zero attached hydrogens (tertiary/aromatic N) is 2. The van der Waals surface area contributed by atoms with E-state index in [1.165, 1.54) is 0 Å². The molecule has 9 heteroatoms. The predicted molar refractivity (Wildman–Crippen MR) is 84.3 cm³/mol. The average molecular weight is 332 g/mol. The summed E-state index contributed by atoms with van der Waals surface area (Å²) >= 11 is 1.16. The Morgan fingerprint density at radius 3 is 3.04 bits per heavy atom. The molecule has 2 saturated heterocycles. The van der Waals surface area contributed by atoms with Crippen LogP contribution < -0.4 is 21.5 Å². The van der Waals surface area contributed by atoms with Crippen LogP contribution in [0.15, 0.2) is 18.2 Å². The van der Waals surface area contributed by atoms with Crippen molar-refractivity contribution < 1.29 is 9.59 Å². The Balaban J connectivity index is 1.79. The summed E-state index contributed by atoms with van der Waals surface area (Å²) in [5.74, 6) is -0.343. The van der Waals surface area contributed by atoms with E-state index in [-0.39, 0.29) is 29.8 Å². The SMILES string of the molecule is CNC(=O)C1NNC2NC(=O)CC(c3cccc4nsnc34)C21. The second-order valence-corrected chi connectivity index (χ2v) is 6.32. The highest BCUT2D eigenvalue weighted by Crippen LogP contribution is 2.39. The van der Waals surface area contributed by atoms with Gasteiger partial charge in [0, 0.05) is 25.3 Å². The highest BCUT2D eigenvalue weighted by Gasteiger charge is 2.49. The summed E-state index contributed by atoms with van der Waals surface area (Å²) in [5.41, 5.74) is 8.64. The van der Waals surface area contributed by atoms with Crippen LogP contribution in [0.5, 0.6) is 0 Å². The lowest BCUT2D eigenvalue weighted by molar-refractivity contribution is -0.128.